The lowest BCUT2D eigenvalue weighted by Gasteiger charge is -2.10. The number of amides is 1. The van der Waals surface area contributed by atoms with Gasteiger partial charge in [0, 0.05) is 11.3 Å². The summed E-state index contributed by atoms with van der Waals surface area (Å²) in [4.78, 5) is 12.3. The van der Waals surface area contributed by atoms with Crippen molar-refractivity contribution in [1.29, 1.82) is 0 Å². The number of carbonyl (C=O) groups excluding carboxylic acids is 1. The molecule has 0 aliphatic carbocycles. The van der Waals surface area contributed by atoms with Crippen LogP contribution in [0, 0.1) is 20.8 Å². The van der Waals surface area contributed by atoms with Crippen molar-refractivity contribution >= 4 is 21.6 Å². The molecule has 0 bridgehead atoms. The number of benzene rings is 2. The maximum Gasteiger partial charge on any atom is 0.255 e. The minimum absolute atomic E-state index is 0.0409. The number of hydrogen-bond donors (Lipinski definition) is 2. The van der Waals surface area contributed by atoms with Gasteiger partial charge in [-0.3, -0.25) is 4.79 Å². The molecule has 0 unspecified atom stereocenters. The Morgan fingerprint density at radius 3 is 2.27 bits per heavy atom. The first-order valence-electron chi connectivity index (χ1n) is 6.70. The summed E-state index contributed by atoms with van der Waals surface area (Å²) >= 11 is 0. The Hall–Kier alpha value is -2.18. The second-order valence-corrected chi connectivity index (χ2v) is 6.83. The number of carbonyl (C=O) groups is 1. The van der Waals surface area contributed by atoms with E-state index in [1.807, 2.05) is 32.0 Å². The highest BCUT2D eigenvalue weighted by atomic mass is 32.2. The third kappa shape index (κ3) is 3.52. The van der Waals surface area contributed by atoms with E-state index in [1.165, 1.54) is 6.07 Å². The van der Waals surface area contributed by atoms with Crippen LogP contribution in [0.3, 0.4) is 0 Å². The molecular weight excluding hydrogens is 300 g/mol. The lowest BCUT2D eigenvalue weighted by molar-refractivity contribution is 0.102. The van der Waals surface area contributed by atoms with Crippen molar-refractivity contribution in [3.8, 4) is 0 Å². The van der Waals surface area contributed by atoms with Gasteiger partial charge in [-0.05, 0) is 50.1 Å². The Morgan fingerprint density at radius 2 is 1.68 bits per heavy atom. The number of anilines is 1. The SMILES string of the molecule is Cc1ccc(NC(=O)c2ccc(C)c(S(N)(=O)=O)c2)c(C)c1. The van der Waals surface area contributed by atoms with Crippen molar-refractivity contribution < 1.29 is 13.2 Å². The highest BCUT2D eigenvalue weighted by Gasteiger charge is 2.15. The van der Waals surface area contributed by atoms with E-state index in [4.69, 9.17) is 5.14 Å². The van der Waals surface area contributed by atoms with Gasteiger partial charge in [-0.25, -0.2) is 13.6 Å². The normalized spacial score (nSPS) is 11.3. The van der Waals surface area contributed by atoms with E-state index in [0.717, 1.165) is 11.1 Å². The van der Waals surface area contributed by atoms with Gasteiger partial charge in [0.1, 0.15) is 0 Å². The molecule has 3 N–H and O–H groups in total. The van der Waals surface area contributed by atoms with Crippen molar-refractivity contribution in [1.82, 2.24) is 0 Å². The molecule has 0 aliphatic rings. The zero-order chi connectivity index (χ0) is 16.5. The number of primary sulfonamides is 1. The van der Waals surface area contributed by atoms with Gasteiger partial charge in [0.15, 0.2) is 0 Å². The molecular formula is C16H18N2O3S. The zero-order valence-corrected chi connectivity index (χ0v) is 13.5. The second-order valence-electron chi connectivity index (χ2n) is 5.30. The second kappa shape index (κ2) is 5.90. The molecule has 22 heavy (non-hydrogen) atoms. The van der Waals surface area contributed by atoms with Crippen molar-refractivity contribution in [3.05, 3.63) is 58.7 Å². The Morgan fingerprint density at radius 1 is 1.00 bits per heavy atom. The number of rotatable bonds is 3. The van der Waals surface area contributed by atoms with Gasteiger partial charge in [0.25, 0.3) is 5.91 Å². The fourth-order valence-electron chi connectivity index (χ4n) is 2.20. The fourth-order valence-corrected chi connectivity index (χ4v) is 3.00. The molecule has 6 heteroatoms. The van der Waals surface area contributed by atoms with Crippen LogP contribution in [-0.2, 0) is 10.0 Å². The average molecular weight is 318 g/mol. The van der Waals surface area contributed by atoms with Crippen molar-refractivity contribution in [2.45, 2.75) is 25.7 Å². The van der Waals surface area contributed by atoms with Crippen molar-refractivity contribution in [3.63, 3.8) is 0 Å². The van der Waals surface area contributed by atoms with Crippen LogP contribution < -0.4 is 10.5 Å². The van der Waals surface area contributed by atoms with E-state index in [9.17, 15) is 13.2 Å². The van der Waals surface area contributed by atoms with Crippen LogP contribution in [0.15, 0.2) is 41.3 Å². The summed E-state index contributed by atoms with van der Waals surface area (Å²) in [6, 6.07) is 10.1. The highest BCUT2D eigenvalue weighted by molar-refractivity contribution is 7.89. The molecule has 0 atom stereocenters. The van der Waals surface area contributed by atoms with Crippen LogP contribution in [0.2, 0.25) is 0 Å². The molecule has 0 saturated carbocycles. The van der Waals surface area contributed by atoms with E-state index >= 15 is 0 Å². The Balaban J connectivity index is 2.34. The number of nitrogens with one attached hydrogen (secondary N) is 1. The smallest absolute Gasteiger partial charge is 0.255 e. The third-order valence-corrected chi connectivity index (χ3v) is 4.44. The molecule has 0 aromatic heterocycles. The van der Waals surface area contributed by atoms with Gasteiger partial charge in [0.2, 0.25) is 10.0 Å². The lowest BCUT2D eigenvalue weighted by Crippen LogP contribution is -2.17. The zero-order valence-electron chi connectivity index (χ0n) is 12.7. The van der Waals surface area contributed by atoms with Gasteiger partial charge >= 0.3 is 0 Å². The first-order valence-corrected chi connectivity index (χ1v) is 8.25. The molecule has 0 spiro atoms. The highest BCUT2D eigenvalue weighted by Crippen LogP contribution is 2.19. The van der Waals surface area contributed by atoms with Gasteiger partial charge in [-0.15, -0.1) is 0 Å². The molecule has 0 radical (unpaired) electrons. The first-order chi connectivity index (χ1) is 10.2. The maximum atomic E-state index is 12.3. The molecule has 0 heterocycles. The van der Waals surface area contributed by atoms with E-state index in [0.29, 0.717) is 11.3 Å². The van der Waals surface area contributed by atoms with Crippen molar-refractivity contribution in [2.75, 3.05) is 5.32 Å². The van der Waals surface area contributed by atoms with Crippen molar-refractivity contribution in [2.24, 2.45) is 5.14 Å². The molecule has 2 rings (SSSR count). The molecule has 2 aromatic carbocycles. The standard InChI is InChI=1S/C16H18N2O3S/c1-10-4-7-14(12(3)8-10)18-16(19)13-6-5-11(2)15(9-13)22(17,20)21/h4-9H,1-3H3,(H,18,19)(H2,17,20,21). The predicted octanol–water partition coefficient (Wildman–Crippen LogP) is 2.51. The quantitative estimate of drug-likeness (QED) is 0.911. The average Bonchev–Trinajstić information content (AvgIpc) is 2.41. The summed E-state index contributed by atoms with van der Waals surface area (Å²) in [5.41, 5.74) is 3.47. The van der Waals surface area contributed by atoms with Crippen LogP contribution in [0.5, 0.6) is 0 Å². The summed E-state index contributed by atoms with van der Waals surface area (Å²) in [6.07, 6.45) is 0. The number of sulfonamides is 1. The molecule has 5 nitrogen and oxygen atoms in total. The minimum atomic E-state index is -3.86. The fraction of sp³-hybridized carbons (Fsp3) is 0.188. The first kappa shape index (κ1) is 16.2. The predicted molar refractivity (Wildman–Crippen MR) is 86.4 cm³/mol. The van der Waals surface area contributed by atoms with Crippen LogP contribution in [0.1, 0.15) is 27.0 Å². The summed E-state index contributed by atoms with van der Waals surface area (Å²) in [6.45, 7) is 5.50. The van der Waals surface area contributed by atoms with Gasteiger partial charge in [-0.1, -0.05) is 23.8 Å². The van der Waals surface area contributed by atoms with Gasteiger partial charge in [-0.2, -0.15) is 0 Å². The monoisotopic (exact) mass is 318 g/mol. The van der Waals surface area contributed by atoms with Crippen LogP contribution in [0.4, 0.5) is 5.69 Å². The molecule has 0 saturated heterocycles. The van der Waals surface area contributed by atoms with Gasteiger partial charge < -0.3 is 5.32 Å². The van der Waals surface area contributed by atoms with E-state index < -0.39 is 10.0 Å². The number of nitrogens with two attached hydrogens (primary N) is 1. The van der Waals surface area contributed by atoms with Gasteiger partial charge in [0.05, 0.1) is 4.90 Å². The van der Waals surface area contributed by atoms with E-state index in [1.54, 1.807) is 19.1 Å². The Bertz CT molecular complexity index is 842. The third-order valence-electron chi connectivity index (χ3n) is 3.39. The number of hydrogen-bond acceptors (Lipinski definition) is 3. The van der Waals surface area contributed by atoms with E-state index in [-0.39, 0.29) is 16.4 Å². The van der Waals surface area contributed by atoms with E-state index in [2.05, 4.69) is 5.32 Å². The summed E-state index contributed by atoms with van der Waals surface area (Å²) in [5.74, 6) is -0.378. The summed E-state index contributed by atoms with van der Waals surface area (Å²) in [7, 11) is -3.86. The lowest BCUT2D eigenvalue weighted by atomic mass is 10.1. The van der Waals surface area contributed by atoms with Crippen LogP contribution in [0.25, 0.3) is 0 Å². The Kier molecular flexibility index (Phi) is 4.35. The van der Waals surface area contributed by atoms with Crippen LogP contribution >= 0.6 is 0 Å². The molecule has 0 aliphatic heterocycles. The molecule has 2 aromatic rings. The largest absolute Gasteiger partial charge is 0.322 e. The maximum absolute atomic E-state index is 12.3. The molecule has 0 fully saturated rings. The molecule has 1 amide bonds. The van der Waals surface area contributed by atoms with Crippen LogP contribution in [-0.4, -0.2) is 14.3 Å². The Labute approximate surface area is 130 Å². The molecule has 116 valence electrons. The topological polar surface area (TPSA) is 89.3 Å². The number of aryl methyl sites for hydroxylation is 3. The summed E-state index contributed by atoms with van der Waals surface area (Å²) in [5, 5.41) is 7.94. The summed E-state index contributed by atoms with van der Waals surface area (Å²) < 4.78 is 23.0. The minimum Gasteiger partial charge on any atom is -0.322 e.